The molecule has 0 saturated heterocycles. The van der Waals surface area contributed by atoms with Gasteiger partial charge in [-0.05, 0) is 55.2 Å². The number of nitrogens with one attached hydrogen (secondary N) is 1. The van der Waals surface area contributed by atoms with Crippen LogP contribution >= 0.6 is 0 Å². The summed E-state index contributed by atoms with van der Waals surface area (Å²) in [5.41, 5.74) is 5.65. The van der Waals surface area contributed by atoms with E-state index in [1.807, 2.05) is 0 Å². The second-order valence-corrected chi connectivity index (χ2v) is 7.71. The zero-order valence-corrected chi connectivity index (χ0v) is 12.0. The lowest BCUT2D eigenvalue weighted by atomic mass is 9.89. The number of halogens is 1. The Morgan fingerprint density at radius 1 is 1.30 bits per heavy atom. The lowest BCUT2D eigenvalue weighted by Crippen LogP contribution is -2.32. The molecule has 0 amide bonds. The summed E-state index contributed by atoms with van der Waals surface area (Å²) < 4.78 is 40.5. The molecule has 6 heteroatoms. The second-order valence-electron chi connectivity index (χ2n) is 5.98. The second kappa shape index (κ2) is 5.00. The summed E-state index contributed by atoms with van der Waals surface area (Å²) in [4.78, 5) is -0.324. The fourth-order valence-electron chi connectivity index (χ4n) is 3.66. The van der Waals surface area contributed by atoms with Crippen LogP contribution in [0.3, 0.4) is 0 Å². The van der Waals surface area contributed by atoms with Gasteiger partial charge in [-0.25, -0.2) is 17.5 Å². The molecule has 0 spiro atoms. The highest BCUT2D eigenvalue weighted by Crippen LogP contribution is 2.48. The fourth-order valence-corrected chi connectivity index (χ4v) is 4.81. The SMILES string of the molecule is Nc1ccc(S(=O)(=O)NCC2CC3CCC2C3)c(F)c1. The summed E-state index contributed by atoms with van der Waals surface area (Å²) in [5.74, 6) is 1.01. The van der Waals surface area contributed by atoms with Crippen molar-refractivity contribution in [2.24, 2.45) is 17.8 Å². The van der Waals surface area contributed by atoms with Crippen molar-refractivity contribution in [2.45, 2.75) is 30.6 Å². The van der Waals surface area contributed by atoms with Crippen LogP contribution in [0.1, 0.15) is 25.7 Å². The Kier molecular flexibility index (Phi) is 3.46. The van der Waals surface area contributed by atoms with Gasteiger partial charge in [-0.2, -0.15) is 0 Å². The van der Waals surface area contributed by atoms with E-state index >= 15 is 0 Å². The summed E-state index contributed by atoms with van der Waals surface area (Å²) in [6.07, 6.45) is 4.80. The monoisotopic (exact) mass is 298 g/mol. The summed E-state index contributed by atoms with van der Waals surface area (Å²) >= 11 is 0. The summed E-state index contributed by atoms with van der Waals surface area (Å²) in [7, 11) is -3.79. The van der Waals surface area contributed by atoms with Gasteiger partial charge in [0.15, 0.2) is 0 Å². The Balaban J connectivity index is 1.69. The van der Waals surface area contributed by atoms with Gasteiger partial charge in [0, 0.05) is 12.2 Å². The Morgan fingerprint density at radius 2 is 2.10 bits per heavy atom. The van der Waals surface area contributed by atoms with Gasteiger partial charge in [0.2, 0.25) is 10.0 Å². The number of nitrogens with two attached hydrogens (primary N) is 1. The van der Waals surface area contributed by atoms with E-state index < -0.39 is 15.8 Å². The molecule has 2 saturated carbocycles. The van der Waals surface area contributed by atoms with E-state index in [0.29, 0.717) is 18.4 Å². The van der Waals surface area contributed by atoms with E-state index in [0.717, 1.165) is 18.4 Å². The maximum Gasteiger partial charge on any atom is 0.243 e. The predicted molar refractivity (Wildman–Crippen MR) is 74.9 cm³/mol. The van der Waals surface area contributed by atoms with Crippen LogP contribution in [0.5, 0.6) is 0 Å². The maximum atomic E-state index is 13.7. The van der Waals surface area contributed by atoms with Gasteiger partial charge in [0.05, 0.1) is 0 Å². The molecule has 0 heterocycles. The lowest BCUT2D eigenvalue weighted by molar-refractivity contribution is 0.332. The zero-order chi connectivity index (χ0) is 14.3. The molecule has 3 N–H and O–H groups in total. The number of hydrogen-bond acceptors (Lipinski definition) is 3. The van der Waals surface area contributed by atoms with Crippen LogP contribution in [0, 0.1) is 23.6 Å². The number of nitrogen functional groups attached to an aromatic ring is 1. The van der Waals surface area contributed by atoms with Crippen molar-refractivity contribution in [3.8, 4) is 0 Å². The molecule has 3 rings (SSSR count). The minimum atomic E-state index is -3.79. The smallest absolute Gasteiger partial charge is 0.243 e. The first kappa shape index (κ1) is 13.8. The average Bonchev–Trinajstić information content (AvgIpc) is 2.98. The minimum absolute atomic E-state index is 0.217. The molecule has 110 valence electrons. The molecule has 20 heavy (non-hydrogen) atoms. The molecule has 0 radical (unpaired) electrons. The number of anilines is 1. The van der Waals surface area contributed by atoms with E-state index in [9.17, 15) is 12.8 Å². The third kappa shape index (κ3) is 2.54. The van der Waals surface area contributed by atoms with E-state index in [2.05, 4.69) is 4.72 Å². The molecular formula is C14H19FN2O2S. The van der Waals surface area contributed by atoms with Crippen LogP contribution in [0.4, 0.5) is 10.1 Å². The number of rotatable bonds is 4. The molecule has 3 unspecified atom stereocenters. The van der Waals surface area contributed by atoms with Crippen molar-refractivity contribution >= 4 is 15.7 Å². The molecule has 2 bridgehead atoms. The zero-order valence-electron chi connectivity index (χ0n) is 11.2. The van der Waals surface area contributed by atoms with Crippen LogP contribution in [-0.4, -0.2) is 15.0 Å². The average molecular weight is 298 g/mol. The van der Waals surface area contributed by atoms with Crippen LogP contribution in [0.25, 0.3) is 0 Å². The molecule has 2 aliphatic carbocycles. The first-order valence-electron chi connectivity index (χ1n) is 7.00. The topological polar surface area (TPSA) is 72.2 Å². The van der Waals surface area contributed by atoms with Gasteiger partial charge >= 0.3 is 0 Å². The van der Waals surface area contributed by atoms with Crippen molar-refractivity contribution in [3.63, 3.8) is 0 Å². The van der Waals surface area contributed by atoms with E-state index in [-0.39, 0.29) is 10.6 Å². The standard InChI is InChI=1S/C14H19FN2O2S/c15-13-7-12(16)3-4-14(13)20(18,19)17-8-11-6-9-1-2-10(11)5-9/h3-4,7,9-11,17H,1-2,5-6,8,16H2. The first-order valence-corrected chi connectivity index (χ1v) is 8.49. The molecule has 1 aromatic carbocycles. The largest absolute Gasteiger partial charge is 0.399 e. The normalized spacial score (nSPS) is 28.9. The molecule has 1 aromatic rings. The highest BCUT2D eigenvalue weighted by Gasteiger charge is 2.39. The quantitative estimate of drug-likeness (QED) is 0.836. The Hall–Kier alpha value is -1.14. The molecule has 0 aromatic heterocycles. The van der Waals surface area contributed by atoms with E-state index in [1.165, 1.54) is 31.4 Å². The fraction of sp³-hybridized carbons (Fsp3) is 0.571. The summed E-state index contributed by atoms with van der Waals surface area (Å²) in [6, 6.07) is 3.65. The predicted octanol–water partition coefficient (Wildman–Crippen LogP) is 2.12. The highest BCUT2D eigenvalue weighted by molar-refractivity contribution is 7.89. The van der Waals surface area contributed by atoms with Crippen molar-refractivity contribution in [2.75, 3.05) is 12.3 Å². The number of hydrogen-bond donors (Lipinski definition) is 2. The van der Waals surface area contributed by atoms with Crippen LogP contribution in [0.2, 0.25) is 0 Å². The van der Waals surface area contributed by atoms with Gasteiger partial charge < -0.3 is 5.73 Å². The Labute approximate surface area is 118 Å². The summed E-state index contributed by atoms with van der Waals surface area (Å²) in [5, 5.41) is 0. The van der Waals surface area contributed by atoms with Gasteiger partial charge in [0.25, 0.3) is 0 Å². The molecular weight excluding hydrogens is 279 g/mol. The molecule has 0 aliphatic heterocycles. The van der Waals surface area contributed by atoms with E-state index in [1.54, 1.807) is 0 Å². The minimum Gasteiger partial charge on any atom is -0.399 e. The van der Waals surface area contributed by atoms with Crippen molar-refractivity contribution in [3.05, 3.63) is 24.0 Å². The molecule has 3 atom stereocenters. The first-order chi connectivity index (χ1) is 9.45. The molecule has 4 nitrogen and oxygen atoms in total. The lowest BCUT2D eigenvalue weighted by Gasteiger charge is -2.21. The Bertz CT molecular complexity index is 618. The summed E-state index contributed by atoms with van der Waals surface area (Å²) in [6.45, 7) is 0.410. The third-order valence-corrected chi connectivity index (χ3v) is 6.12. The Morgan fingerprint density at radius 3 is 2.70 bits per heavy atom. The van der Waals surface area contributed by atoms with Crippen molar-refractivity contribution in [1.29, 1.82) is 0 Å². The van der Waals surface area contributed by atoms with Crippen LogP contribution in [-0.2, 0) is 10.0 Å². The number of fused-ring (bicyclic) bond motifs is 2. The van der Waals surface area contributed by atoms with Gasteiger partial charge in [-0.15, -0.1) is 0 Å². The van der Waals surface area contributed by atoms with Crippen molar-refractivity contribution < 1.29 is 12.8 Å². The third-order valence-electron chi connectivity index (χ3n) is 4.67. The number of benzene rings is 1. The maximum absolute atomic E-state index is 13.7. The van der Waals surface area contributed by atoms with Crippen LogP contribution in [0.15, 0.2) is 23.1 Å². The van der Waals surface area contributed by atoms with Gasteiger partial charge in [-0.3, -0.25) is 0 Å². The van der Waals surface area contributed by atoms with Gasteiger partial charge in [-0.1, -0.05) is 6.42 Å². The van der Waals surface area contributed by atoms with Crippen molar-refractivity contribution in [1.82, 2.24) is 4.72 Å². The van der Waals surface area contributed by atoms with E-state index in [4.69, 9.17) is 5.73 Å². The molecule has 2 aliphatic rings. The molecule has 2 fully saturated rings. The highest BCUT2D eigenvalue weighted by atomic mass is 32.2. The van der Waals surface area contributed by atoms with Crippen LogP contribution < -0.4 is 10.5 Å². The number of sulfonamides is 1. The van der Waals surface area contributed by atoms with Gasteiger partial charge in [0.1, 0.15) is 10.7 Å².